The quantitative estimate of drug-likeness (QED) is 0.335. The van der Waals surface area contributed by atoms with Crippen molar-refractivity contribution in [1.29, 1.82) is 0 Å². The monoisotopic (exact) mass is 452 g/mol. The van der Waals surface area contributed by atoms with E-state index in [1.165, 1.54) is 36.4 Å². The van der Waals surface area contributed by atoms with E-state index in [1.54, 1.807) is 19.1 Å². The number of rotatable bonds is 3. The summed E-state index contributed by atoms with van der Waals surface area (Å²) in [6.07, 6.45) is -5.53. The third-order valence-corrected chi connectivity index (χ3v) is 6.62. The van der Waals surface area contributed by atoms with Crippen LogP contribution in [0.3, 0.4) is 0 Å². The molecule has 0 unspecified atom stereocenters. The van der Waals surface area contributed by atoms with Crippen molar-refractivity contribution >= 4 is 28.2 Å². The van der Waals surface area contributed by atoms with Crippen LogP contribution < -0.4 is 10.9 Å². The van der Waals surface area contributed by atoms with E-state index in [4.69, 9.17) is 11.6 Å². The van der Waals surface area contributed by atoms with Gasteiger partial charge < -0.3 is 20.5 Å². The van der Waals surface area contributed by atoms with Crippen molar-refractivity contribution < 1.29 is 23.4 Å². The van der Waals surface area contributed by atoms with E-state index in [-0.39, 0.29) is 34.5 Å². The summed E-state index contributed by atoms with van der Waals surface area (Å²) in [6, 6.07) is 11.5. The van der Waals surface area contributed by atoms with E-state index in [0.717, 1.165) is 0 Å². The number of aromatic hydroxyl groups is 1. The zero-order valence-electron chi connectivity index (χ0n) is 16.4. The van der Waals surface area contributed by atoms with Crippen LogP contribution in [0.4, 0.5) is 18.9 Å². The minimum atomic E-state index is -5.07. The first-order valence-corrected chi connectivity index (χ1v) is 10.1. The standard InChI is InChI=1S/C22H20ClF3N2O3/c1-2-12-11-20(31,22(24,25)26)21(23,14-5-3-8-17(29)19(12)14)28-16-7-4-6-15-13(16)9-10-18(30)27-15/h3-10,12,28-29,31H,2,11H2,1H3,(H,27,30)/t12-,20-,21+/m0/s1. The van der Waals surface area contributed by atoms with Gasteiger partial charge in [0.1, 0.15) is 5.75 Å². The van der Waals surface area contributed by atoms with Crippen LogP contribution in [0.2, 0.25) is 0 Å². The molecule has 4 rings (SSSR count). The van der Waals surface area contributed by atoms with Crippen molar-refractivity contribution in [3.8, 4) is 5.75 Å². The molecular weight excluding hydrogens is 433 g/mol. The molecule has 0 spiro atoms. The van der Waals surface area contributed by atoms with Crippen LogP contribution in [0, 0.1) is 0 Å². The van der Waals surface area contributed by atoms with Gasteiger partial charge >= 0.3 is 6.18 Å². The van der Waals surface area contributed by atoms with Crippen LogP contribution in [0.1, 0.15) is 36.8 Å². The lowest BCUT2D eigenvalue weighted by Gasteiger charge is -2.50. The third kappa shape index (κ3) is 3.16. The molecule has 4 N–H and O–H groups in total. The van der Waals surface area contributed by atoms with Crippen LogP contribution in [0.25, 0.3) is 10.9 Å². The van der Waals surface area contributed by atoms with E-state index in [2.05, 4.69) is 10.3 Å². The maximum Gasteiger partial charge on any atom is 0.421 e. The maximum absolute atomic E-state index is 14.3. The second-order valence-corrected chi connectivity index (χ2v) is 8.35. The summed E-state index contributed by atoms with van der Waals surface area (Å²) in [6.45, 7) is 1.69. The van der Waals surface area contributed by atoms with Crippen molar-refractivity contribution in [1.82, 2.24) is 4.98 Å². The van der Waals surface area contributed by atoms with E-state index in [9.17, 15) is 28.2 Å². The Morgan fingerprint density at radius 1 is 1.19 bits per heavy atom. The van der Waals surface area contributed by atoms with Crippen molar-refractivity contribution in [3.05, 3.63) is 70.0 Å². The van der Waals surface area contributed by atoms with Crippen molar-refractivity contribution in [3.63, 3.8) is 0 Å². The summed E-state index contributed by atoms with van der Waals surface area (Å²) in [4.78, 5) is 11.7. The molecule has 0 aliphatic heterocycles. The molecule has 1 aliphatic rings. The second-order valence-electron chi connectivity index (χ2n) is 7.78. The number of phenolic OH excluding ortho intramolecular Hbond substituents is 1. The van der Waals surface area contributed by atoms with Gasteiger partial charge in [-0.15, -0.1) is 0 Å². The molecule has 3 atom stereocenters. The average molecular weight is 453 g/mol. The molecule has 0 saturated heterocycles. The molecule has 1 heterocycles. The highest BCUT2D eigenvalue weighted by Gasteiger charge is 2.70. The molecule has 0 saturated carbocycles. The highest BCUT2D eigenvalue weighted by molar-refractivity contribution is 6.26. The van der Waals surface area contributed by atoms with Gasteiger partial charge in [0.15, 0.2) is 5.00 Å². The molecular formula is C22H20ClF3N2O3. The summed E-state index contributed by atoms with van der Waals surface area (Å²) in [7, 11) is 0. The minimum Gasteiger partial charge on any atom is -0.508 e. The summed E-state index contributed by atoms with van der Waals surface area (Å²) in [5.41, 5.74) is -2.89. The number of pyridine rings is 1. The van der Waals surface area contributed by atoms with Crippen LogP contribution in [0.5, 0.6) is 5.75 Å². The summed E-state index contributed by atoms with van der Waals surface area (Å²) >= 11 is 6.69. The molecule has 164 valence electrons. The summed E-state index contributed by atoms with van der Waals surface area (Å²) < 4.78 is 42.9. The molecule has 31 heavy (non-hydrogen) atoms. The Balaban J connectivity index is 1.99. The van der Waals surface area contributed by atoms with E-state index in [1.807, 2.05) is 0 Å². The fraction of sp³-hybridized carbons (Fsp3) is 0.318. The zero-order valence-corrected chi connectivity index (χ0v) is 17.2. The van der Waals surface area contributed by atoms with Crippen LogP contribution in [-0.4, -0.2) is 27.0 Å². The number of H-pyrrole nitrogens is 1. The molecule has 0 amide bonds. The van der Waals surface area contributed by atoms with Gasteiger partial charge in [-0.1, -0.05) is 36.7 Å². The zero-order chi connectivity index (χ0) is 22.6. The van der Waals surface area contributed by atoms with Crippen molar-refractivity contribution in [2.45, 2.75) is 42.5 Å². The van der Waals surface area contributed by atoms with Gasteiger partial charge in [-0.2, -0.15) is 13.2 Å². The molecule has 3 aromatic rings. The first-order valence-electron chi connectivity index (χ1n) is 9.72. The van der Waals surface area contributed by atoms with Gasteiger partial charge in [0.05, 0.1) is 5.52 Å². The highest BCUT2D eigenvalue weighted by Crippen LogP contribution is 2.59. The number of halogens is 4. The largest absolute Gasteiger partial charge is 0.508 e. The topological polar surface area (TPSA) is 85.4 Å². The normalized spacial score (nSPS) is 25.9. The number of hydrogen-bond donors (Lipinski definition) is 4. The second kappa shape index (κ2) is 7.17. The first kappa shape index (κ1) is 21.5. The first-order chi connectivity index (χ1) is 14.5. The number of nitrogens with one attached hydrogen (secondary N) is 2. The number of phenols is 1. The molecule has 9 heteroatoms. The fourth-order valence-corrected chi connectivity index (χ4v) is 4.87. The number of anilines is 1. The van der Waals surface area contributed by atoms with Crippen LogP contribution in [0.15, 0.2) is 53.3 Å². The Labute approximate surface area is 180 Å². The molecule has 1 aliphatic carbocycles. The van der Waals surface area contributed by atoms with E-state index >= 15 is 0 Å². The van der Waals surface area contributed by atoms with Crippen molar-refractivity contribution in [2.24, 2.45) is 0 Å². The van der Waals surface area contributed by atoms with Crippen LogP contribution >= 0.6 is 11.6 Å². The Hall–Kier alpha value is -2.71. The number of aromatic nitrogens is 1. The third-order valence-electron chi connectivity index (χ3n) is 6.01. The average Bonchev–Trinajstić information content (AvgIpc) is 2.70. The smallest absolute Gasteiger partial charge is 0.421 e. The van der Waals surface area contributed by atoms with Crippen LogP contribution in [-0.2, 0) is 5.00 Å². The maximum atomic E-state index is 14.3. The van der Waals surface area contributed by atoms with Gasteiger partial charge in [-0.05, 0) is 43.0 Å². The van der Waals surface area contributed by atoms with Gasteiger partial charge in [0, 0.05) is 28.3 Å². The fourth-order valence-electron chi connectivity index (χ4n) is 4.42. The number of alkyl halides is 4. The Kier molecular flexibility index (Phi) is 4.98. The summed E-state index contributed by atoms with van der Waals surface area (Å²) in [5, 5.41) is 24.7. The molecule has 1 aromatic heterocycles. The molecule has 0 fully saturated rings. The van der Waals surface area contributed by atoms with E-state index in [0.29, 0.717) is 10.9 Å². The van der Waals surface area contributed by atoms with Gasteiger partial charge in [-0.3, -0.25) is 4.79 Å². The lowest BCUT2D eigenvalue weighted by atomic mass is 9.68. The number of fused-ring (bicyclic) bond motifs is 2. The number of aromatic amines is 1. The predicted molar refractivity (Wildman–Crippen MR) is 112 cm³/mol. The number of benzene rings is 2. The van der Waals surface area contributed by atoms with Gasteiger partial charge in [0.25, 0.3) is 0 Å². The Morgan fingerprint density at radius 3 is 2.58 bits per heavy atom. The van der Waals surface area contributed by atoms with Gasteiger partial charge in [-0.25, -0.2) is 0 Å². The molecule has 0 bridgehead atoms. The van der Waals surface area contributed by atoms with Crippen molar-refractivity contribution in [2.75, 3.05) is 5.32 Å². The lowest BCUT2D eigenvalue weighted by molar-refractivity contribution is -0.279. The van der Waals surface area contributed by atoms with Gasteiger partial charge in [0.2, 0.25) is 11.2 Å². The minimum absolute atomic E-state index is 0.0477. The highest BCUT2D eigenvalue weighted by atomic mass is 35.5. The molecule has 5 nitrogen and oxygen atoms in total. The van der Waals surface area contributed by atoms with E-state index < -0.39 is 29.1 Å². The molecule has 0 radical (unpaired) electrons. The summed E-state index contributed by atoms with van der Waals surface area (Å²) in [5.74, 6) is -0.928. The lowest BCUT2D eigenvalue weighted by Crippen LogP contribution is -2.64. The Morgan fingerprint density at radius 2 is 1.90 bits per heavy atom. The number of aliphatic hydroxyl groups is 1. The Bertz CT molecular complexity index is 1210. The number of hydrogen-bond acceptors (Lipinski definition) is 4. The SMILES string of the molecule is CC[C@H]1C[C@@](O)(C(F)(F)F)[C@](Cl)(Nc2cccc3[nH]c(=O)ccc23)c2cccc(O)c21. The molecule has 2 aromatic carbocycles. The predicted octanol–water partition coefficient (Wildman–Crippen LogP) is 4.93.